The van der Waals surface area contributed by atoms with Gasteiger partial charge in [0.1, 0.15) is 11.5 Å². The van der Waals surface area contributed by atoms with Crippen LogP contribution in [0.15, 0.2) is 261 Å². The van der Waals surface area contributed by atoms with Crippen LogP contribution in [0.3, 0.4) is 0 Å². The number of aromatic nitrogens is 2. The van der Waals surface area contributed by atoms with Gasteiger partial charge < -0.3 is 18.8 Å². The van der Waals surface area contributed by atoms with Gasteiger partial charge in [0.15, 0.2) is 0 Å². The van der Waals surface area contributed by atoms with Crippen molar-refractivity contribution in [2.24, 2.45) is 0 Å². The number of fused-ring (bicyclic) bond motifs is 14. The zero-order chi connectivity index (χ0) is 46.6. The first-order valence-electron chi connectivity index (χ1n) is 24.4. The fourth-order valence-electron chi connectivity index (χ4n) is 12.1. The largest absolute Gasteiger partial charge is 0.457 e. The molecule has 15 rings (SSSR count). The molecule has 4 heterocycles. The second-order valence-electron chi connectivity index (χ2n) is 18.8. The number of nitrogens with zero attached hydrogens (tertiary/aromatic N) is 3. The van der Waals surface area contributed by atoms with Crippen molar-refractivity contribution >= 4 is 60.7 Å². The number of hydrogen-bond acceptors (Lipinski definition) is 2. The Kier molecular flexibility index (Phi) is 8.54. The summed E-state index contributed by atoms with van der Waals surface area (Å²) in [7, 11) is 0. The van der Waals surface area contributed by atoms with Crippen molar-refractivity contribution in [2.75, 3.05) is 4.90 Å². The summed E-state index contributed by atoms with van der Waals surface area (Å²) in [5.74, 6) is 1.69. The van der Waals surface area contributed by atoms with E-state index >= 15 is 0 Å². The van der Waals surface area contributed by atoms with E-state index in [4.69, 9.17) is 4.74 Å². The molecule has 4 heteroatoms. The zero-order valence-electron chi connectivity index (χ0n) is 38.6. The number of benzene rings is 11. The third-order valence-electron chi connectivity index (χ3n) is 15.2. The molecule has 0 radical (unpaired) electrons. The minimum Gasteiger partial charge on any atom is -0.457 e. The van der Waals surface area contributed by atoms with E-state index in [1.54, 1.807) is 0 Å². The quantitative estimate of drug-likeness (QED) is 0.166. The van der Waals surface area contributed by atoms with Gasteiger partial charge in [0, 0.05) is 61.5 Å². The van der Waals surface area contributed by atoms with Crippen molar-refractivity contribution < 1.29 is 4.74 Å². The molecule has 71 heavy (non-hydrogen) atoms. The van der Waals surface area contributed by atoms with E-state index in [0.717, 1.165) is 50.9 Å². The predicted octanol–water partition coefficient (Wildman–Crippen LogP) is 17.5. The van der Waals surface area contributed by atoms with Crippen molar-refractivity contribution in [3.63, 3.8) is 0 Å². The summed E-state index contributed by atoms with van der Waals surface area (Å²) in [4.78, 5) is 2.39. The lowest BCUT2D eigenvalue weighted by molar-refractivity contribution is 0.434. The number of hydrogen-bond donors (Lipinski definition) is 0. The summed E-state index contributed by atoms with van der Waals surface area (Å²) in [6, 6.07) is 95.1. The molecule has 0 saturated carbocycles. The van der Waals surface area contributed by atoms with Gasteiger partial charge in [-0.15, -0.1) is 0 Å². The molecule has 0 bridgehead atoms. The van der Waals surface area contributed by atoms with E-state index in [2.05, 4.69) is 275 Å². The third kappa shape index (κ3) is 5.73. The molecular formula is C67H43N3O. The summed E-state index contributed by atoms with van der Waals surface area (Å²) in [6.45, 7) is 0. The Hall–Kier alpha value is -9.38. The van der Waals surface area contributed by atoms with Crippen molar-refractivity contribution in [1.82, 2.24) is 9.13 Å². The molecule has 2 aromatic heterocycles. The lowest BCUT2D eigenvalue weighted by Crippen LogP contribution is -2.37. The molecule has 0 amide bonds. The van der Waals surface area contributed by atoms with Gasteiger partial charge in [-0.25, -0.2) is 0 Å². The third-order valence-corrected chi connectivity index (χ3v) is 15.2. The Bertz CT molecular complexity index is 4240. The molecule has 332 valence electrons. The molecule has 13 aromatic rings. The molecule has 1 atom stereocenters. The van der Waals surface area contributed by atoms with Crippen LogP contribution < -0.4 is 9.64 Å². The van der Waals surface area contributed by atoms with Gasteiger partial charge in [-0.3, -0.25) is 0 Å². The lowest BCUT2D eigenvalue weighted by Gasteiger charge is -2.45. The molecular weight excluding hydrogens is 863 g/mol. The van der Waals surface area contributed by atoms with Crippen LogP contribution in [0.5, 0.6) is 11.5 Å². The van der Waals surface area contributed by atoms with Crippen molar-refractivity contribution in [3.05, 3.63) is 283 Å². The minimum absolute atomic E-state index is 0.665. The fourth-order valence-corrected chi connectivity index (χ4v) is 12.1. The van der Waals surface area contributed by atoms with Gasteiger partial charge in [-0.2, -0.15) is 0 Å². The first-order chi connectivity index (χ1) is 35.2. The van der Waals surface area contributed by atoms with E-state index in [1.165, 1.54) is 77.2 Å². The highest BCUT2D eigenvalue weighted by Crippen LogP contribution is 2.61. The van der Waals surface area contributed by atoms with Crippen LogP contribution in [-0.2, 0) is 5.41 Å². The van der Waals surface area contributed by atoms with Crippen molar-refractivity contribution in [1.29, 1.82) is 0 Å². The highest BCUT2D eigenvalue weighted by atomic mass is 16.5. The van der Waals surface area contributed by atoms with E-state index in [0.29, 0.717) is 0 Å². The smallest absolute Gasteiger partial charge is 0.134 e. The number of ether oxygens (including phenoxy) is 1. The Morgan fingerprint density at radius 3 is 1.56 bits per heavy atom. The molecule has 0 aliphatic carbocycles. The van der Waals surface area contributed by atoms with Crippen molar-refractivity contribution in [2.45, 2.75) is 5.41 Å². The molecule has 11 aromatic carbocycles. The SMILES string of the molecule is c1ccc(-c2ccc(N(c3ccc4c(c3)Oc3ccccc3C43c4ccccc4-n4c5ccccc5c5cccc3c54)c3ccc4c5ccccc5n(-c5ccc(-c6ccccc6)cc5)c4c3)cc2)cc1. The van der Waals surface area contributed by atoms with Crippen LogP contribution in [0.4, 0.5) is 17.1 Å². The number of para-hydroxylation sites is 5. The standard InChI is InChI=1S/C67H43N3O/c1-3-16-44(17-4-1)46-30-34-48(35-31-46)68(50-38-40-54-52-20-7-11-26-60(52)69(63(54)42-50)49-36-32-47(33-37-49)45-18-5-2-6-19-45)51-39-41-58-65(43-51)71-64-29-14-10-24-57(64)67(58)56-23-9-13-28-62(56)70-61-27-12-8-21-53(61)55-22-15-25-59(67)66(55)70/h1-43H. The van der Waals surface area contributed by atoms with Crippen LogP contribution in [0.2, 0.25) is 0 Å². The average molecular weight is 906 g/mol. The van der Waals surface area contributed by atoms with Gasteiger partial charge in [-0.1, -0.05) is 188 Å². The second-order valence-corrected chi connectivity index (χ2v) is 18.8. The fraction of sp³-hybridized carbons (Fsp3) is 0.0149. The van der Waals surface area contributed by atoms with Crippen LogP contribution in [-0.4, -0.2) is 9.13 Å². The topological polar surface area (TPSA) is 22.3 Å². The Morgan fingerprint density at radius 2 is 0.817 bits per heavy atom. The summed E-state index contributed by atoms with van der Waals surface area (Å²) < 4.78 is 12.1. The first kappa shape index (κ1) is 39.6. The van der Waals surface area contributed by atoms with Gasteiger partial charge in [0.25, 0.3) is 0 Å². The molecule has 4 nitrogen and oxygen atoms in total. The van der Waals surface area contributed by atoms with Crippen LogP contribution in [0.1, 0.15) is 22.3 Å². The monoisotopic (exact) mass is 905 g/mol. The summed E-state index contributed by atoms with van der Waals surface area (Å²) in [5, 5.41) is 4.92. The molecule has 1 spiro atoms. The lowest BCUT2D eigenvalue weighted by atomic mass is 9.62. The summed E-state index contributed by atoms with van der Waals surface area (Å²) in [6.07, 6.45) is 0. The Labute approximate surface area is 411 Å². The molecule has 2 aliphatic heterocycles. The number of anilines is 3. The molecule has 0 N–H and O–H groups in total. The Balaban J connectivity index is 0.957. The maximum absolute atomic E-state index is 7.19. The summed E-state index contributed by atoms with van der Waals surface area (Å²) in [5.41, 5.74) is 18.9. The number of rotatable bonds is 6. The van der Waals surface area contributed by atoms with Crippen LogP contribution in [0, 0.1) is 0 Å². The molecule has 0 saturated heterocycles. The average Bonchev–Trinajstić information content (AvgIpc) is 3.97. The second kappa shape index (κ2) is 15.3. The van der Waals surface area contributed by atoms with Crippen molar-refractivity contribution in [3.8, 4) is 45.1 Å². The summed E-state index contributed by atoms with van der Waals surface area (Å²) >= 11 is 0. The highest BCUT2D eigenvalue weighted by molar-refractivity contribution is 6.13. The van der Waals surface area contributed by atoms with E-state index in [9.17, 15) is 0 Å². The van der Waals surface area contributed by atoms with Gasteiger partial charge in [0.2, 0.25) is 0 Å². The van der Waals surface area contributed by atoms with E-state index in [1.807, 2.05) is 0 Å². The molecule has 0 fully saturated rings. The van der Waals surface area contributed by atoms with Crippen LogP contribution in [0.25, 0.3) is 77.2 Å². The van der Waals surface area contributed by atoms with E-state index < -0.39 is 5.41 Å². The maximum atomic E-state index is 7.19. The zero-order valence-corrected chi connectivity index (χ0v) is 38.6. The van der Waals surface area contributed by atoms with Gasteiger partial charge in [0.05, 0.1) is 33.2 Å². The van der Waals surface area contributed by atoms with Gasteiger partial charge in [-0.05, 0) is 100 Å². The predicted molar refractivity (Wildman–Crippen MR) is 293 cm³/mol. The van der Waals surface area contributed by atoms with Gasteiger partial charge >= 0.3 is 0 Å². The normalized spacial score (nSPS) is 14.4. The van der Waals surface area contributed by atoms with Crippen LogP contribution >= 0.6 is 0 Å². The highest BCUT2D eigenvalue weighted by Gasteiger charge is 2.50. The van der Waals surface area contributed by atoms with E-state index in [-0.39, 0.29) is 0 Å². The maximum Gasteiger partial charge on any atom is 0.134 e. The minimum atomic E-state index is -0.665. The molecule has 2 aliphatic rings. The Morgan fingerprint density at radius 1 is 0.310 bits per heavy atom. The first-order valence-corrected chi connectivity index (χ1v) is 24.4. The molecule has 1 unspecified atom stereocenters.